The van der Waals surface area contributed by atoms with E-state index in [9.17, 15) is 9.90 Å². The number of anilines is 2. The molecule has 4 N–H and O–H groups in total. The van der Waals surface area contributed by atoms with Crippen molar-refractivity contribution in [3.8, 4) is 0 Å². The predicted octanol–water partition coefficient (Wildman–Crippen LogP) is 1.46. The predicted molar refractivity (Wildman–Crippen MR) is 82.0 cm³/mol. The van der Waals surface area contributed by atoms with Crippen LogP contribution in [0.5, 0.6) is 0 Å². The van der Waals surface area contributed by atoms with Gasteiger partial charge in [0.15, 0.2) is 6.17 Å². The molecule has 0 aliphatic carbocycles. The first-order chi connectivity index (χ1) is 10.2. The van der Waals surface area contributed by atoms with Crippen molar-refractivity contribution in [3.05, 3.63) is 60.7 Å². The zero-order valence-corrected chi connectivity index (χ0v) is 11.4. The second-order valence-corrected chi connectivity index (χ2v) is 4.55. The first-order valence-corrected chi connectivity index (χ1v) is 6.66. The minimum absolute atomic E-state index is 0.523. The van der Waals surface area contributed by atoms with E-state index < -0.39 is 24.7 Å². The number of carbonyl (C=O) groups excluding carboxylic acids is 1. The number of rotatable bonds is 7. The largest absolute Gasteiger partial charge is 0.393 e. The van der Waals surface area contributed by atoms with Crippen molar-refractivity contribution in [1.82, 2.24) is 0 Å². The Morgan fingerprint density at radius 2 is 1.33 bits per heavy atom. The minimum atomic E-state index is -1.43. The highest BCUT2D eigenvalue weighted by Crippen LogP contribution is 2.12. The Labute approximate surface area is 123 Å². The van der Waals surface area contributed by atoms with Crippen molar-refractivity contribution in [1.29, 1.82) is 0 Å². The summed E-state index contributed by atoms with van der Waals surface area (Å²) in [5.41, 5.74) is 1.48. The molecule has 0 aliphatic heterocycles. The molecule has 0 saturated heterocycles. The number of aliphatic hydroxyl groups excluding tert-OH is 2. The van der Waals surface area contributed by atoms with Gasteiger partial charge in [-0.25, -0.2) is 0 Å². The lowest BCUT2D eigenvalue weighted by atomic mass is 10.1. The average Bonchev–Trinajstić information content (AvgIpc) is 2.54. The quantitative estimate of drug-likeness (QED) is 0.579. The number of para-hydroxylation sites is 2. The molecular formula is C16H18N2O3. The number of aliphatic hydroxyl groups is 2. The SMILES string of the molecule is O=C(C(O)CO)C(Nc1ccccc1)Nc1ccccc1. The molecule has 2 aromatic carbocycles. The Morgan fingerprint density at radius 1 is 0.905 bits per heavy atom. The topological polar surface area (TPSA) is 81.6 Å². The molecular weight excluding hydrogens is 268 g/mol. The second-order valence-electron chi connectivity index (χ2n) is 4.55. The fourth-order valence-corrected chi connectivity index (χ4v) is 1.86. The Balaban J connectivity index is 2.16. The molecule has 21 heavy (non-hydrogen) atoms. The van der Waals surface area contributed by atoms with E-state index in [4.69, 9.17) is 5.11 Å². The maximum Gasteiger partial charge on any atom is 0.205 e. The Bertz CT molecular complexity index is 519. The molecule has 0 bridgehead atoms. The first-order valence-electron chi connectivity index (χ1n) is 6.66. The smallest absolute Gasteiger partial charge is 0.205 e. The van der Waals surface area contributed by atoms with Gasteiger partial charge in [0.2, 0.25) is 5.78 Å². The van der Waals surface area contributed by atoms with Gasteiger partial charge in [-0.05, 0) is 24.3 Å². The van der Waals surface area contributed by atoms with Gasteiger partial charge in [-0.3, -0.25) is 4.79 Å². The summed E-state index contributed by atoms with van der Waals surface area (Å²) in [7, 11) is 0. The lowest BCUT2D eigenvalue weighted by Crippen LogP contribution is -2.44. The molecule has 0 heterocycles. The Morgan fingerprint density at radius 3 is 1.71 bits per heavy atom. The standard InChI is InChI=1S/C16H18N2O3/c19-11-14(20)15(21)16(17-12-7-3-1-4-8-12)18-13-9-5-2-6-10-13/h1-10,14,16-20H,11H2. The normalized spacial score (nSPS) is 12.0. The summed E-state index contributed by atoms with van der Waals surface area (Å²) < 4.78 is 0. The highest BCUT2D eigenvalue weighted by atomic mass is 16.3. The fraction of sp³-hybridized carbons (Fsp3) is 0.188. The van der Waals surface area contributed by atoms with E-state index in [1.807, 2.05) is 60.7 Å². The van der Waals surface area contributed by atoms with Gasteiger partial charge in [-0.15, -0.1) is 0 Å². The fourth-order valence-electron chi connectivity index (χ4n) is 1.86. The third kappa shape index (κ3) is 4.30. The lowest BCUT2D eigenvalue weighted by Gasteiger charge is -2.23. The van der Waals surface area contributed by atoms with Gasteiger partial charge in [0.05, 0.1) is 6.61 Å². The highest BCUT2D eigenvalue weighted by molar-refractivity contribution is 5.92. The van der Waals surface area contributed by atoms with E-state index in [1.165, 1.54) is 0 Å². The van der Waals surface area contributed by atoms with Crippen LogP contribution >= 0.6 is 0 Å². The van der Waals surface area contributed by atoms with Crippen LogP contribution in [0.15, 0.2) is 60.7 Å². The van der Waals surface area contributed by atoms with Crippen LogP contribution in [-0.4, -0.2) is 34.9 Å². The Kier molecular flexibility index (Phi) is 5.31. The molecule has 1 atom stereocenters. The van der Waals surface area contributed by atoms with Gasteiger partial charge in [-0.1, -0.05) is 36.4 Å². The van der Waals surface area contributed by atoms with E-state index in [1.54, 1.807) is 0 Å². The van der Waals surface area contributed by atoms with Gasteiger partial charge in [0, 0.05) is 11.4 Å². The van der Waals surface area contributed by atoms with Gasteiger partial charge < -0.3 is 20.8 Å². The molecule has 5 heteroatoms. The first kappa shape index (κ1) is 15.0. The van der Waals surface area contributed by atoms with E-state index in [0.29, 0.717) is 0 Å². The van der Waals surface area contributed by atoms with Crippen molar-refractivity contribution < 1.29 is 15.0 Å². The molecule has 1 unspecified atom stereocenters. The maximum absolute atomic E-state index is 12.1. The van der Waals surface area contributed by atoms with Crippen molar-refractivity contribution in [3.63, 3.8) is 0 Å². The number of hydrogen-bond donors (Lipinski definition) is 4. The van der Waals surface area contributed by atoms with Crippen molar-refractivity contribution in [2.24, 2.45) is 0 Å². The minimum Gasteiger partial charge on any atom is -0.393 e. The zero-order chi connectivity index (χ0) is 15.1. The van der Waals surface area contributed by atoms with Crippen LogP contribution < -0.4 is 10.6 Å². The molecule has 5 nitrogen and oxygen atoms in total. The number of nitrogens with one attached hydrogen (secondary N) is 2. The summed E-state index contributed by atoms with van der Waals surface area (Å²) in [5, 5.41) is 24.6. The summed E-state index contributed by atoms with van der Waals surface area (Å²) in [5.74, 6) is -0.523. The number of ketones is 1. The van der Waals surface area contributed by atoms with Crippen LogP contribution in [0.1, 0.15) is 0 Å². The molecule has 2 aromatic rings. The van der Waals surface area contributed by atoms with Crippen LogP contribution in [0.2, 0.25) is 0 Å². The molecule has 0 saturated carbocycles. The molecule has 0 spiro atoms. The van der Waals surface area contributed by atoms with Gasteiger partial charge in [-0.2, -0.15) is 0 Å². The molecule has 0 radical (unpaired) electrons. The summed E-state index contributed by atoms with van der Waals surface area (Å²) >= 11 is 0. The number of Topliss-reactive ketones (excluding diaryl/α,β-unsaturated/α-hetero) is 1. The molecule has 0 fully saturated rings. The van der Waals surface area contributed by atoms with E-state index >= 15 is 0 Å². The van der Waals surface area contributed by atoms with Gasteiger partial charge in [0.25, 0.3) is 0 Å². The van der Waals surface area contributed by atoms with Crippen molar-refractivity contribution in [2.75, 3.05) is 17.2 Å². The molecule has 0 aliphatic rings. The highest BCUT2D eigenvalue weighted by Gasteiger charge is 2.24. The molecule has 2 rings (SSSR count). The lowest BCUT2D eigenvalue weighted by molar-refractivity contribution is -0.129. The van der Waals surface area contributed by atoms with Crippen molar-refractivity contribution in [2.45, 2.75) is 12.3 Å². The number of hydrogen-bond acceptors (Lipinski definition) is 5. The second kappa shape index (κ2) is 7.42. The Hall–Kier alpha value is -2.37. The summed E-state index contributed by atoms with van der Waals surface area (Å²) in [6.07, 6.45) is -2.26. The third-order valence-corrected chi connectivity index (χ3v) is 2.96. The summed E-state index contributed by atoms with van der Waals surface area (Å²) in [4.78, 5) is 12.1. The monoisotopic (exact) mass is 286 g/mol. The van der Waals surface area contributed by atoms with E-state index in [2.05, 4.69) is 10.6 Å². The van der Waals surface area contributed by atoms with Crippen LogP contribution in [0.3, 0.4) is 0 Å². The summed E-state index contributed by atoms with van der Waals surface area (Å²) in [6, 6.07) is 18.4. The van der Waals surface area contributed by atoms with E-state index in [0.717, 1.165) is 11.4 Å². The number of benzene rings is 2. The average molecular weight is 286 g/mol. The van der Waals surface area contributed by atoms with Crippen molar-refractivity contribution >= 4 is 17.2 Å². The zero-order valence-electron chi connectivity index (χ0n) is 11.4. The van der Waals surface area contributed by atoms with Crippen LogP contribution in [0.25, 0.3) is 0 Å². The molecule has 0 amide bonds. The molecule has 0 aromatic heterocycles. The number of carbonyl (C=O) groups is 1. The third-order valence-electron chi connectivity index (χ3n) is 2.96. The van der Waals surface area contributed by atoms with Gasteiger partial charge in [0.1, 0.15) is 6.10 Å². The van der Waals surface area contributed by atoms with Crippen LogP contribution in [0, 0.1) is 0 Å². The maximum atomic E-state index is 12.1. The van der Waals surface area contributed by atoms with Gasteiger partial charge >= 0.3 is 0 Å². The summed E-state index contributed by atoms with van der Waals surface area (Å²) in [6.45, 7) is -0.609. The van der Waals surface area contributed by atoms with Crippen LogP contribution in [-0.2, 0) is 4.79 Å². The molecule has 110 valence electrons. The van der Waals surface area contributed by atoms with Crippen LogP contribution in [0.4, 0.5) is 11.4 Å². The van der Waals surface area contributed by atoms with E-state index in [-0.39, 0.29) is 0 Å².